The first-order valence-corrected chi connectivity index (χ1v) is 11.4. The number of nitro groups is 1. The van der Waals surface area contributed by atoms with Crippen LogP contribution in [0.5, 0.6) is 11.5 Å². The maximum absolute atomic E-state index is 12.6. The average molecular weight is 577 g/mol. The summed E-state index contributed by atoms with van der Waals surface area (Å²) in [5, 5.41) is 25.6. The van der Waals surface area contributed by atoms with Crippen LogP contribution in [0.1, 0.15) is 36.7 Å². The number of ether oxygens (including phenoxy) is 1. The average Bonchev–Trinajstić information content (AvgIpc) is 2.79. The molecule has 0 aliphatic heterocycles. The van der Waals surface area contributed by atoms with Crippen LogP contribution in [0.3, 0.4) is 0 Å². The lowest BCUT2D eigenvalue weighted by atomic mass is 10.1. The Balaban J connectivity index is 0.000000308. The molecule has 0 aliphatic carbocycles. The van der Waals surface area contributed by atoms with Crippen molar-refractivity contribution in [2.45, 2.75) is 33.0 Å². The lowest BCUT2D eigenvalue weighted by molar-refractivity contribution is -0.385. The topological polar surface area (TPSA) is 152 Å². The molecular formula is C22H21Cl2F3N6O5. The summed E-state index contributed by atoms with van der Waals surface area (Å²) < 4.78 is 42.9. The van der Waals surface area contributed by atoms with E-state index in [9.17, 15) is 28.1 Å². The van der Waals surface area contributed by atoms with E-state index in [-0.39, 0.29) is 27.8 Å². The highest BCUT2D eigenvalue weighted by Gasteiger charge is 2.31. The SMILES string of the molecule is CCNc1nc(Cl)nc(NC(C)C)n1.O=C(O)c1cc(Oc2ccc(C(F)(F)F)cc2Cl)ccc1[N+](=O)[O-]. The molecule has 0 aliphatic rings. The number of rotatable bonds is 8. The lowest BCUT2D eigenvalue weighted by Gasteiger charge is -2.11. The molecule has 38 heavy (non-hydrogen) atoms. The van der Waals surface area contributed by atoms with Gasteiger partial charge in [-0.05, 0) is 56.6 Å². The van der Waals surface area contributed by atoms with Crippen molar-refractivity contribution in [1.29, 1.82) is 0 Å². The highest BCUT2D eigenvalue weighted by molar-refractivity contribution is 6.32. The molecule has 0 unspecified atom stereocenters. The van der Waals surface area contributed by atoms with Crippen molar-refractivity contribution in [3.05, 3.63) is 67.9 Å². The molecular weight excluding hydrogens is 556 g/mol. The van der Waals surface area contributed by atoms with Crippen LogP contribution >= 0.6 is 23.2 Å². The number of anilines is 2. The van der Waals surface area contributed by atoms with Gasteiger partial charge in [-0.25, -0.2) is 4.79 Å². The standard InChI is InChI=1S/C14H7ClF3NO5.C8H14ClN5/c15-10-5-7(14(16,17)18)1-4-12(10)24-8-2-3-11(19(22)23)9(6-8)13(20)21;1-4-10-7-12-6(9)13-8(14-7)11-5(2)3/h1-6H,(H,20,21);5H,4H2,1-3H3,(H2,10,11,12,13,14). The van der Waals surface area contributed by atoms with Crippen LogP contribution in [-0.2, 0) is 6.18 Å². The van der Waals surface area contributed by atoms with Gasteiger partial charge in [0.25, 0.3) is 5.69 Å². The third-order valence-corrected chi connectivity index (χ3v) is 4.71. The maximum Gasteiger partial charge on any atom is 0.416 e. The number of nitrogens with zero attached hydrogens (tertiary/aromatic N) is 4. The minimum absolute atomic E-state index is 0.125. The number of nitro benzene ring substituents is 1. The van der Waals surface area contributed by atoms with E-state index in [4.69, 9.17) is 33.0 Å². The molecule has 3 aromatic rings. The predicted molar refractivity (Wildman–Crippen MR) is 134 cm³/mol. The van der Waals surface area contributed by atoms with Gasteiger partial charge in [0.2, 0.25) is 17.2 Å². The smallest absolute Gasteiger partial charge is 0.416 e. The molecule has 204 valence electrons. The Morgan fingerprint density at radius 1 is 1.13 bits per heavy atom. The summed E-state index contributed by atoms with van der Waals surface area (Å²) in [6, 6.07) is 5.53. The summed E-state index contributed by atoms with van der Waals surface area (Å²) in [6.45, 7) is 6.73. The first kappa shape index (κ1) is 30.3. The van der Waals surface area contributed by atoms with E-state index >= 15 is 0 Å². The molecule has 11 nitrogen and oxygen atoms in total. The van der Waals surface area contributed by atoms with Gasteiger partial charge >= 0.3 is 12.1 Å². The second-order valence-corrected chi connectivity index (χ2v) is 8.31. The Hall–Kier alpha value is -3.91. The van der Waals surface area contributed by atoms with Crippen molar-refractivity contribution in [2.24, 2.45) is 0 Å². The molecule has 0 bridgehead atoms. The van der Waals surface area contributed by atoms with Gasteiger partial charge in [-0.2, -0.15) is 28.1 Å². The Morgan fingerprint density at radius 2 is 1.79 bits per heavy atom. The van der Waals surface area contributed by atoms with Crippen LogP contribution in [0.25, 0.3) is 0 Å². The van der Waals surface area contributed by atoms with Gasteiger partial charge < -0.3 is 20.5 Å². The van der Waals surface area contributed by atoms with E-state index < -0.39 is 33.9 Å². The number of halogens is 5. The molecule has 0 atom stereocenters. The van der Waals surface area contributed by atoms with E-state index in [2.05, 4.69) is 25.6 Å². The Bertz CT molecular complexity index is 1310. The van der Waals surface area contributed by atoms with E-state index in [1.54, 1.807) is 0 Å². The molecule has 1 aromatic heterocycles. The molecule has 0 saturated heterocycles. The van der Waals surface area contributed by atoms with E-state index in [0.29, 0.717) is 18.0 Å². The summed E-state index contributed by atoms with van der Waals surface area (Å²) in [6.07, 6.45) is -4.58. The molecule has 3 rings (SSSR count). The monoisotopic (exact) mass is 576 g/mol. The fourth-order valence-electron chi connectivity index (χ4n) is 2.71. The van der Waals surface area contributed by atoms with E-state index in [1.165, 1.54) is 0 Å². The molecule has 2 aromatic carbocycles. The molecule has 0 saturated carbocycles. The van der Waals surface area contributed by atoms with Gasteiger partial charge in [0.15, 0.2) is 0 Å². The first-order chi connectivity index (χ1) is 17.7. The van der Waals surface area contributed by atoms with Gasteiger partial charge in [0.1, 0.15) is 17.1 Å². The minimum Gasteiger partial charge on any atom is -0.477 e. The molecule has 0 spiro atoms. The van der Waals surface area contributed by atoms with Gasteiger partial charge in [0, 0.05) is 24.7 Å². The number of carboxylic acid groups (broad SMARTS) is 1. The van der Waals surface area contributed by atoms with Crippen LogP contribution < -0.4 is 15.4 Å². The van der Waals surface area contributed by atoms with Crippen LogP contribution in [0, 0.1) is 10.1 Å². The quantitative estimate of drug-likeness (QED) is 0.199. The van der Waals surface area contributed by atoms with E-state index in [0.717, 1.165) is 36.9 Å². The number of aromatic nitrogens is 3. The van der Waals surface area contributed by atoms with E-state index in [1.807, 2.05) is 20.8 Å². The molecule has 1 heterocycles. The van der Waals surface area contributed by atoms with Gasteiger partial charge in [0.05, 0.1) is 15.5 Å². The van der Waals surface area contributed by atoms with Crippen LogP contribution in [-0.4, -0.2) is 43.5 Å². The molecule has 0 radical (unpaired) electrons. The molecule has 3 N–H and O–H groups in total. The minimum atomic E-state index is -4.58. The number of nitrogens with one attached hydrogen (secondary N) is 2. The largest absolute Gasteiger partial charge is 0.477 e. The van der Waals surface area contributed by atoms with Crippen molar-refractivity contribution in [3.63, 3.8) is 0 Å². The highest BCUT2D eigenvalue weighted by atomic mass is 35.5. The Labute approximate surface area is 224 Å². The van der Waals surface area contributed by atoms with Crippen LogP contribution in [0.4, 0.5) is 30.8 Å². The molecule has 0 amide bonds. The van der Waals surface area contributed by atoms with Crippen molar-refractivity contribution >= 4 is 46.8 Å². The predicted octanol–water partition coefficient (Wildman–Crippen LogP) is 6.53. The van der Waals surface area contributed by atoms with Crippen molar-refractivity contribution in [3.8, 4) is 11.5 Å². The zero-order chi connectivity index (χ0) is 28.6. The summed E-state index contributed by atoms with van der Waals surface area (Å²) >= 11 is 11.4. The van der Waals surface area contributed by atoms with Crippen molar-refractivity contribution < 1.29 is 32.7 Å². The zero-order valence-electron chi connectivity index (χ0n) is 20.0. The summed E-state index contributed by atoms with van der Waals surface area (Å²) in [4.78, 5) is 32.9. The van der Waals surface area contributed by atoms with Crippen molar-refractivity contribution in [2.75, 3.05) is 17.2 Å². The number of hydrogen-bond acceptors (Lipinski definition) is 9. The summed E-state index contributed by atoms with van der Waals surface area (Å²) in [5.41, 5.74) is -2.25. The summed E-state index contributed by atoms with van der Waals surface area (Å²) in [5.74, 6) is -0.841. The fraction of sp³-hybridized carbons (Fsp3) is 0.273. The maximum atomic E-state index is 12.6. The Morgan fingerprint density at radius 3 is 2.32 bits per heavy atom. The van der Waals surface area contributed by atoms with Crippen LogP contribution in [0.15, 0.2) is 36.4 Å². The number of hydrogen-bond donors (Lipinski definition) is 3. The zero-order valence-corrected chi connectivity index (χ0v) is 21.5. The number of aromatic carboxylic acids is 1. The van der Waals surface area contributed by atoms with Gasteiger partial charge in [-0.15, -0.1) is 0 Å². The van der Waals surface area contributed by atoms with Gasteiger partial charge in [-0.1, -0.05) is 11.6 Å². The highest BCUT2D eigenvalue weighted by Crippen LogP contribution is 2.37. The molecule has 16 heteroatoms. The first-order valence-electron chi connectivity index (χ1n) is 10.7. The number of carbonyl (C=O) groups is 1. The van der Waals surface area contributed by atoms with Crippen LogP contribution in [0.2, 0.25) is 10.3 Å². The third-order valence-electron chi connectivity index (χ3n) is 4.24. The summed E-state index contributed by atoms with van der Waals surface area (Å²) in [7, 11) is 0. The van der Waals surface area contributed by atoms with Crippen molar-refractivity contribution in [1.82, 2.24) is 15.0 Å². The second kappa shape index (κ2) is 13.1. The number of carboxylic acids is 1. The number of alkyl halides is 3. The molecule has 0 fully saturated rings. The normalized spacial score (nSPS) is 10.9. The third kappa shape index (κ3) is 8.88. The fourth-order valence-corrected chi connectivity index (χ4v) is 3.09. The van der Waals surface area contributed by atoms with Gasteiger partial charge in [-0.3, -0.25) is 10.1 Å². The Kier molecular flexibility index (Phi) is 10.4. The second-order valence-electron chi connectivity index (χ2n) is 7.57. The lowest BCUT2D eigenvalue weighted by Crippen LogP contribution is -2.14. The number of benzene rings is 2.